The smallest absolute Gasteiger partial charge is 0.119 e. The summed E-state index contributed by atoms with van der Waals surface area (Å²) in [7, 11) is 0. The van der Waals surface area contributed by atoms with Crippen LogP contribution in [-0.2, 0) is 5.41 Å². The van der Waals surface area contributed by atoms with Crippen LogP contribution in [0.4, 0.5) is 0 Å². The summed E-state index contributed by atoms with van der Waals surface area (Å²) < 4.78 is 5.89. The molecular weight excluding hydrogens is 318 g/mol. The van der Waals surface area contributed by atoms with Crippen molar-refractivity contribution in [2.24, 2.45) is 5.92 Å². The van der Waals surface area contributed by atoms with Gasteiger partial charge in [-0.15, -0.1) is 0 Å². The normalized spacial score (nSPS) is 22.7. The van der Waals surface area contributed by atoms with Gasteiger partial charge in [0.25, 0.3) is 0 Å². The minimum absolute atomic E-state index is 0.276. The first-order valence-electron chi connectivity index (χ1n) is 10.9. The van der Waals surface area contributed by atoms with E-state index in [1.165, 1.54) is 63.4 Å². The third-order valence-electron chi connectivity index (χ3n) is 6.04. The van der Waals surface area contributed by atoms with Crippen LogP contribution in [0, 0.1) is 17.2 Å². The monoisotopic (exact) mass is 355 g/mol. The summed E-state index contributed by atoms with van der Waals surface area (Å²) in [5, 5.41) is 9.86. The molecule has 2 rings (SSSR count). The molecule has 0 aromatic heterocycles. The molecule has 0 spiro atoms. The van der Waals surface area contributed by atoms with E-state index < -0.39 is 0 Å². The van der Waals surface area contributed by atoms with Gasteiger partial charge in [-0.3, -0.25) is 0 Å². The third-order valence-corrected chi connectivity index (χ3v) is 6.04. The van der Waals surface area contributed by atoms with Gasteiger partial charge in [0.05, 0.1) is 18.1 Å². The third kappa shape index (κ3) is 6.04. The summed E-state index contributed by atoms with van der Waals surface area (Å²) in [5.74, 6) is 1.76. The highest BCUT2D eigenvalue weighted by molar-refractivity contribution is 5.37. The number of hydrogen-bond acceptors (Lipinski definition) is 2. The van der Waals surface area contributed by atoms with Crippen molar-refractivity contribution in [3.8, 4) is 11.8 Å². The predicted molar refractivity (Wildman–Crippen MR) is 109 cm³/mol. The van der Waals surface area contributed by atoms with Crippen molar-refractivity contribution in [3.63, 3.8) is 0 Å². The molecule has 1 fully saturated rings. The largest absolute Gasteiger partial charge is 0.494 e. The fraction of sp³-hybridized carbons (Fsp3) is 0.708. The van der Waals surface area contributed by atoms with Crippen molar-refractivity contribution in [2.75, 3.05) is 6.61 Å². The summed E-state index contributed by atoms with van der Waals surface area (Å²) in [6, 6.07) is 11.0. The highest BCUT2D eigenvalue weighted by atomic mass is 16.5. The predicted octanol–water partition coefficient (Wildman–Crippen LogP) is 7.18. The van der Waals surface area contributed by atoms with Gasteiger partial charge in [0.2, 0.25) is 0 Å². The first-order valence-corrected chi connectivity index (χ1v) is 10.9. The molecule has 0 bridgehead atoms. The van der Waals surface area contributed by atoms with Crippen molar-refractivity contribution >= 4 is 0 Å². The van der Waals surface area contributed by atoms with E-state index in [9.17, 15) is 5.26 Å². The number of rotatable bonds is 11. The van der Waals surface area contributed by atoms with Crippen LogP contribution in [0.15, 0.2) is 24.3 Å². The molecule has 0 radical (unpaired) electrons. The number of nitrogens with zero attached hydrogens (tertiary/aromatic N) is 1. The van der Waals surface area contributed by atoms with Crippen molar-refractivity contribution in [1.29, 1.82) is 5.26 Å². The standard InChI is InChI=1S/C24H37NO/c1-3-5-6-7-8-9-19-26-23-13-11-22(12-14-23)24(20-25)17-15-21(10-4-2)16-18-24/h11-14,21H,3-10,15-19H2,1-2H3/t21-,24+. The molecule has 26 heavy (non-hydrogen) atoms. The van der Waals surface area contributed by atoms with Gasteiger partial charge in [0.1, 0.15) is 5.75 Å². The number of ether oxygens (including phenoxy) is 1. The number of benzene rings is 1. The van der Waals surface area contributed by atoms with Crippen molar-refractivity contribution < 1.29 is 4.74 Å². The lowest BCUT2D eigenvalue weighted by Gasteiger charge is -2.35. The molecule has 1 aliphatic carbocycles. The molecule has 2 heteroatoms. The Balaban J connectivity index is 1.79. The van der Waals surface area contributed by atoms with Crippen molar-refractivity contribution in [2.45, 2.75) is 96.3 Å². The van der Waals surface area contributed by atoms with Gasteiger partial charge in [0.15, 0.2) is 0 Å². The Hall–Kier alpha value is -1.49. The second-order valence-corrected chi connectivity index (χ2v) is 8.07. The number of unbranched alkanes of at least 4 members (excludes halogenated alkanes) is 5. The first kappa shape index (κ1) is 20.8. The van der Waals surface area contributed by atoms with E-state index in [1.54, 1.807) is 0 Å². The molecule has 0 N–H and O–H groups in total. The van der Waals surface area contributed by atoms with Crippen molar-refractivity contribution in [1.82, 2.24) is 0 Å². The zero-order chi connectivity index (χ0) is 18.7. The zero-order valence-electron chi connectivity index (χ0n) is 16.9. The fourth-order valence-corrected chi connectivity index (χ4v) is 4.27. The molecule has 1 saturated carbocycles. The molecule has 0 saturated heterocycles. The Morgan fingerprint density at radius 2 is 1.62 bits per heavy atom. The van der Waals surface area contributed by atoms with E-state index in [2.05, 4.69) is 44.2 Å². The molecule has 0 amide bonds. The zero-order valence-corrected chi connectivity index (χ0v) is 16.9. The van der Waals surface area contributed by atoms with Gasteiger partial charge in [0, 0.05) is 0 Å². The Morgan fingerprint density at radius 1 is 0.962 bits per heavy atom. The van der Waals surface area contributed by atoms with Gasteiger partial charge in [-0.1, -0.05) is 70.9 Å². The average molecular weight is 356 g/mol. The second-order valence-electron chi connectivity index (χ2n) is 8.07. The molecule has 1 aromatic carbocycles. The summed E-state index contributed by atoms with van der Waals surface area (Å²) in [6.45, 7) is 5.31. The Bertz CT molecular complexity index is 534. The average Bonchev–Trinajstić information content (AvgIpc) is 2.69. The fourth-order valence-electron chi connectivity index (χ4n) is 4.27. The van der Waals surface area contributed by atoms with Gasteiger partial charge >= 0.3 is 0 Å². The molecule has 0 aliphatic heterocycles. The maximum absolute atomic E-state index is 9.86. The van der Waals surface area contributed by atoms with E-state index in [0.29, 0.717) is 0 Å². The minimum Gasteiger partial charge on any atom is -0.494 e. The topological polar surface area (TPSA) is 33.0 Å². The van der Waals surface area contributed by atoms with E-state index in [4.69, 9.17) is 4.74 Å². The molecule has 1 aliphatic rings. The van der Waals surface area contributed by atoms with Crippen LogP contribution in [-0.4, -0.2) is 6.61 Å². The quantitative estimate of drug-likeness (QED) is 0.394. The van der Waals surface area contributed by atoms with Crippen molar-refractivity contribution in [3.05, 3.63) is 29.8 Å². The molecular formula is C24H37NO. The van der Waals surface area contributed by atoms with E-state index in [1.807, 2.05) is 0 Å². The highest BCUT2D eigenvalue weighted by Crippen LogP contribution is 2.42. The van der Waals surface area contributed by atoms with E-state index in [0.717, 1.165) is 37.5 Å². The van der Waals surface area contributed by atoms with Gasteiger partial charge in [-0.2, -0.15) is 5.26 Å². The summed E-state index contributed by atoms with van der Waals surface area (Å²) in [4.78, 5) is 0. The maximum atomic E-state index is 9.86. The molecule has 0 atom stereocenters. The number of hydrogen-bond donors (Lipinski definition) is 0. The highest BCUT2D eigenvalue weighted by Gasteiger charge is 2.36. The molecule has 0 heterocycles. The second kappa shape index (κ2) is 11.3. The molecule has 2 nitrogen and oxygen atoms in total. The van der Waals surface area contributed by atoms with E-state index in [-0.39, 0.29) is 5.41 Å². The van der Waals surface area contributed by atoms with E-state index >= 15 is 0 Å². The van der Waals surface area contributed by atoms with Gasteiger partial charge in [-0.05, 0) is 55.7 Å². The van der Waals surface area contributed by atoms with Gasteiger partial charge in [-0.25, -0.2) is 0 Å². The van der Waals surface area contributed by atoms with Crippen LogP contribution in [0.3, 0.4) is 0 Å². The first-order chi connectivity index (χ1) is 12.7. The molecule has 1 aromatic rings. The molecule has 0 unspecified atom stereocenters. The van der Waals surface area contributed by atoms with Crippen LogP contribution in [0.1, 0.15) is 96.5 Å². The minimum atomic E-state index is -0.276. The SMILES string of the molecule is CCCCCCCCOc1ccc([C@]2(C#N)CC[C@H](CCC)CC2)cc1. The Morgan fingerprint density at radius 3 is 2.23 bits per heavy atom. The Kier molecular flexibility index (Phi) is 9.02. The lowest BCUT2D eigenvalue weighted by atomic mass is 9.67. The summed E-state index contributed by atoms with van der Waals surface area (Å²) >= 11 is 0. The van der Waals surface area contributed by atoms with Crippen LogP contribution >= 0.6 is 0 Å². The number of nitriles is 1. The summed E-state index contributed by atoms with van der Waals surface area (Å²) in [6.07, 6.45) is 14.7. The maximum Gasteiger partial charge on any atom is 0.119 e. The molecule has 144 valence electrons. The Labute approximate surface area is 161 Å². The lowest BCUT2D eigenvalue weighted by Crippen LogP contribution is -2.30. The van der Waals surface area contributed by atoms with Crippen LogP contribution in [0.25, 0.3) is 0 Å². The van der Waals surface area contributed by atoms with Crippen LogP contribution in [0.5, 0.6) is 5.75 Å². The summed E-state index contributed by atoms with van der Waals surface area (Å²) in [5.41, 5.74) is 0.907. The lowest BCUT2D eigenvalue weighted by molar-refractivity contribution is 0.265. The van der Waals surface area contributed by atoms with Crippen LogP contribution in [0.2, 0.25) is 0 Å². The van der Waals surface area contributed by atoms with Crippen LogP contribution < -0.4 is 4.74 Å². The van der Waals surface area contributed by atoms with Gasteiger partial charge < -0.3 is 4.74 Å².